The Kier molecular flexibility index (Phi) is 3.53. The molecule has 2 heterocycles. The summed E-state index contributed by atoms with van der Waals surface area (Å²) in [6.07, 6.45) is 4.58. The van der Waals surface area contributed by atoms with Crippen molar-refractivity contribution in [2.24, 2.45) is 0 Å². The summed E-state index contributed by atoms with van der Waals surface area (Å²) >= 11 is 5.89. The number of carbonyl (C=O) groups excluding carboxylic acids is 1. The minimum Gasteiger partial charge on any atom is -0.318 e. The van der Waals surface area contributed by atoms with Crippen molar-refractivity contribution < 1.29 is 4.79 Å². The summed E-state index contributed by atoms with van der Waals surface area (Å²) in [7, 11) is 0. The number of carbonyl (C=O) groups is 1. The molecule has 0 atom stereocenters. The van der Waals surface area contributed by atoms with Crippen molar-refractivity contribution in [3.63, 3.8) is 0 Å². The van der Waals surface area contributed by atoms with Crippen LogP contribution in [0.5, 0.6) is 0 Å². The second-order valence-corrected chi connectivity index (χ2v) is 4.21. The van der Waals surface area contributed by atoms with Gasteiger partial charge in [0.1, 0.15) is 5.69 Å². The van der Waals surface area contributed by atoms with Crippen LogP contribution in [0.15, 0.2) is 24.7 Å². The summed E-state index contributed by atoms with van der Waals surface area (Å²) in [5.41, 5.74) is 2.36. The summed E-state index contributed by atoms with van der Waals surface area (Å²) in [4.78, 5) is 23.8. The highest BCUT2D eigenvalue weighted by Gasteiger charge is 2.10. The van der Waals surface area contributed by atoms with Crippen molar-refractivity contribution >= 4 is 23.2 Å². The van der Waals surface area contributed by atoms with Crippen LogP contribution in [-0.2, 0) is 0 Å². The van der Waals surface area contributed by atoms with Gasteiger partial charge in [0, 0.05) is 12.4 Å². The van der Waals surface area contributed by atoms with Gasteiger partial charge >= 0.3 is 0 Å². The molecule has 0 bridgehead atoms. The number of pyridine rings is 1. The predicted molar refractivity (Wildman–Crippen MR) is 68.7 cm³/mol. The van der Waals surface area contributed by atoms with Gasteiger partial charge in [-0.3, -0.25) is 9.78 Å². The van der Waals surface area contributed by atoms with Crippen molar-refractivity contribution in [3.8, 4) is 0 Å². The average Bonchev–Trinajstić information content (AvgIpc) is 2.34. The van der Waals surface area contributed by atoms with Crippen LogP contribution in [0.25, 0.3) is 0 Å². The third kappa shape index (κ3) is 2.81. The van der Waals surface area contributed by atoms with E-state index in [1.54, 1.807) is 19.2 Å². The van der Waals surface area contributed by atoms with Crippen molar-refractivity contribution in [3.05, 3.63) is 46.8 Å². The molecule has 0 radical (unpaired) electrons. The fourth-order valence-electron chi connectivity index (χ4n) is 1.34. The Bertz CT molecular complexity index is 583. The van der Waals surface area contributed by atoms with Crippen molar-refractivity contribution in [2.75, 3.05) is 5.32 Å². The molecule has 5 nitrogen and oxygen atoms in total. The van der Waals surface area contributed by atoms with Crippen LogP contribution >= 0.6 is 11.6 Å². The van der Waals surface area contributed by atoms with Crippen molar-refractivity contribution in [1.82, 2.24) is 15.0 Å². The lowest BCUT2D eigenvalue weighted by Crippen LogP contribution is -2.14. The Morgan fingerprint density at radius 3 is 2.61 bits per heavy atom. The van der Waals surface area contributed by atoms with Crippen LogP contribution in [0.2, 0.25) is 5.15 Å². The number of aryl methyl sites for hydroxylation is 2. The first-order valence-corrected chi connectivity index (χ1v) is 5.66. The molecule has 0 fully saturated rings. The van der Waals surface area contributed by atoms with Crippen LogP contribution in [-0.4, -0.2) is 20.9 Å². The first kappa shape index (κ1) is 12.4. The minimum absolute atomic E-state index is 0.234. The SMILES string of the molecule is Cc1cnc(Cl)c(NC(=O)c2cnc(C)cn2)c1. The Morgan fingerprint density at radius 2 is 1.94 bits per heavy atom. The van der Waals surface area contributed by atoms with E-state index in [1.165, 1.54) is 12.4 Å². The third-order valence-corrected chi connectivity index (χ3v) is 2.54. The highest BCUT2D eigenvalue weighted by molar-refractivity contribution is 6.32. The molecule has 2 aromatic heterocycles. The molecule has 0 unspecified atom stereocenters. The first-order valence-electron chi connectivity index (χ1n) is 5.28. The number of anilines is 1. The maximum absolute atomic E-state index is 11.9. The molecule has 0 saturated carbocycles. The standard InChI is InChI=1S/C12H11ClN4O/c1-7-3-9(11(13)16-4-7)17-12(18)10-6-14-8(2)5-15-10/h3-6H,1-2H3,(H,17,18). The number of hydrogen-bond donors (Lipinski definition) is 1. The fraction of sp³-hybridized carbons (Fsp3) is 0.167. The van der Waals surface area contributed by atoms with E-state index in [2.05, 4.69) is 20.3 Å². The zero-order chi connectivity index (χ0) is 13.1. The molecule has 6 heteroatoms. The molecule has 0 aliphatic carbocycles. The Hall–Kier alpha value is -2.01. The number of halogens is 1. The number of rotatable bonds is 2. The number of amides is 1. The lowest BCUT2D eigenvalue weighted by Gasteiger charge is -2.06. The van der Waals surface area contributed by atoms with Crippen LogP contribution in [0, 0.1) is 13.8 Å². The molecule has 0 saturated heterocycles. The van der Waals surface area contributed by atoms with Gasteiger partial charge in [-0.2, -0.15) is 0 Å². The summed E-state index contributed by atoms with van der Waals surface area (Å²) in [6.45, 7) is 3.67. The second-order valence-electron chi connectivity index (χ2n) is 3.85. The lowest BCUT2D eigenvalue weighted by atomic mass is 10.3. The summed E-state index contributed by atoms with van der Waals surface area (Å²) in [5, 5.41) is 2.90. The monoisotopic (exact) mass is 262 g/mol. The highest BCUT2D eigenvalue weighted by Crippen LogP contribution is 2.20. The van der Waals surface area contributed by atoms with Crippen LogP contribution in [0.1, 0.15) is 21.7 Å². The first-order chi connectivity index (χ1) is 8.56. The molecule has 18 heavy (non-hydrogen) atoms. The fourth-order valence-corrected chi connectivity index (χ4v) is 1.49. The Balaban J connectivity index is 2.21. The van der Waals surface area contributed by atoms with Gasteiger partial charge in [0.15, 0.2) is 5.15 Å². The lowest BCUT2D eigenvalue weighted by molar-refractivity contribution is 0.102. The van der Waals surface area contributed by atoms with Gasteiger partial charge < -0.3 is 5.32 Å². The van der Waals surface area contributed by atoms with E-state index in [-0.39, 0.29) is 16.8 Å². The van der Waals surface area contributed by atoms with Gasteiger partial charge in [-0.05, 0) is 25.5 Å². The molecule has 0 aliphatic heterocycles. The van der Waals surface area contributed by atoms with Crippen LogP contribution in [0.3, 0.4) is 0 Å². The predicted octanol–water partition coefficient (Wildman–Crippen LogP) is 2.39. The van der Waals surface area contributed by atoms with Gasteiger partial charge in [0.2, 0.25) is 0 Å². The number of hydrogen-bond acceptors (Lipinski definition) is 4. The van der Waals surface area contributed by atoms with Gasteiger partial charge in [-0.1, -0.05) is 11.6 Å². The zero-order valence-corrected chi connectivity index (χ0v) is 10.7. The van der Waals surface area contributed by atoms with Crippen LogP contribution in [0.4, 0.5) is 5.69 Å². The molecule has 92 valence electrons. The van der Waals surface area contributed by atoms with E-state index in [9.17, 15) is 4.79 Å². The summed E-state index contributed by atoms with van der Waals surface area (Å²) in [5.74, 6) is -0.364. The molecule has 0 aromatic carbocycles. The largest absolute Gasteiger partial charge is 0.318 e. The molecule has 1 N–H and O–H groups in total. The minimum atomic E-state index is -0.364. The number of nitrogens with zero attached hydrogens (tertiary/aromatic N) is 3. The van der Waals surface area contributed by atoms with E-state index in [0.29, 0.717) is 5.69 Å². The average molecular weight is 263 g/mol. The smallest absolute Gasteiger partial charge is 0.275 e. The van der Waals surface area contributed by atoms with Gasteiger partial charge in [-0.25, -0.2) is 9.97 Å². The molecule has 0 aliphatic rings. The molecule has 1 amide bonds. The van der Waals surface area contributed by atoms with Crippen LogP contribution < -0.4 is 5.32 Å². The number of aromatic nitrogens is 3. The third-order valence-electron chi connectivity index (χ3n) is 2.24. The van der Waals surface area contributed by atoms with E-state index in [0.717, 1.165) is 11.3 Å². The second kappa shape index (κ2) is 5.10. The van der Waals surface area contributed by atoms with Crippen molar-refractivity contribution in [1.29, 1.82) is 0 Å². The Morgan fingerprint density at radius 1 is 1.17 bits per heavy atom. The van der Waals surface area contributed by atoms with Crippen molar-refractivity contribution in [2.45, 2.75) is 13.8 Å². The molecule has 2 aromatic rings. The van der Waals surface area contributed by atoms with E-state index < -0.39 is 0 Å². The zero-order valence-electron chi connectivity index (χ0n) is 9.94. The van der Waals surface area contributed by atoms with Gasteiger partial charge in [-0.15, -0.1) is 0 Å². The molecular formula is C12H11ClN4O. The normalized spacial score (nSPS) is 10.2. The van der Waals surface area contributed by atoms with E-state index >= 15 is 0 Å². The van der Waals surface area contributed by atoms with E-state index in [4.69, 9.17) is 11.6 Å². The molecule has 2 rings (SSSR count). The van der Waals surface area contributed by atoms with E-state index in [1.807, 2.05) is 6.92 Å². The summed E-state index contributed by atoms with van der Waals surface area (Å²) < 4.78 is 0. The number of nitrogens with one attached hydrogen (secondary N) is 1. The molecule has 0 spiro atoms. The van der Waals surface area contributed by atoms with Gasteiger partial charge in [0.25, 0.3) is 5.91 Å². The summed E-state index contributed by atoms with van der Waals surface area (Å²) in [6, 6.07) is 1.74. The topological polar surface area (TPSA) is 67.8 Å². The maximum Gasteiger partial charge on any atom is 0.275 e. The van der Waals surface area contributed by atoms with Gasteiger partial charge in [0.05, 0.1) is 17.6 Å². The quantitative estimate of drug-likeness (QED) is 0.844. The highest BCUT2D eigenvalue weighted by atomic mass is 35.5. The maximum atomic E-state index is 11.9. The Labute approximate surface area is 109 Å². The molecular weight excluding hydrogens is 252 g/mol.